The zero-order valence-corrected chi connectivity index (χ0v) is 17.8. The number of rotatable bonds is 5. The highest BCUT2D eigenvalue weighted by molar-refractivity contribution is 6.30. The molecule has 33 heavy (non-hydrogen) atoms. The number of nitro benzene ring substituents is 1. The van der Waals surface area contributed by atoms with Gasteiger partial charge in [0.2, 0.25) is 12.7 Å². The fourth-order valence-corrected chi connectivity index (χ4v) is 3.05. The third-order valence-corrected chi connectivity index (χ3v) is 4.77. The second-order valence-corrected chi connectivity index (χ2v) is 7.02. The van der Waals surface area contributed by atoms with E-state index >= 15 is 0 Å². The maximum atomic E-state index is 11.4. The van der Waals surface area contributed by atoms with Crippen LogP contribution in [0.2, 0.25) is 5.02 Å². The summed E-state index contributed by atoms with van der Waals surface area (Å²) < 4.78 is 12.4. The molecule has 0 aliphatic carbocycles. The van der Waals surface area contributed by atoms with Crippen LogP contribution in [0, 0.1) is 10.1 Å². The van der Waals surface area contributed by atoms with Crippen LogP contribution in [-0.4, -0.2) is 43.4 Å². The van der Waals surface area contributed by atoms with E-state index in [0.29, 0.717) is 28.0 Å². The number of aromatic nitrogens is 2. The lowest BCUT2D eigenvalue weighted by atomic mass is 10.1. The molecule has 1 aliphatic rings. The smallest absolute Gasteiger partial charge is 0.414 e. The van der Waals surface area contributed by atoms with Crippen LogP contribution >= 0.6 is 11.6 Å². The van der Waals surface area contributed by atoms with Crippen molar-refractivity contribution >= 4 is 35.2 Å². The Hall–Kier alpha value is -4.32. The molecule has 1 aromatic heterocycles. The van der Waals surface area contributed by atoms with E-state index in [0.717, 1.165) is 11.3 Å². The molecule has 4 rings (SSSR count). The molecule has 3 aromatic rings. The Balaban J connectivity index is 0.000000454. The SMILES string of the molecule is Cn1c(-c2ccc(Cl)cc2)cnc1NCc1cc2c(cc1[N+](=O)[O-])OCO2.O=C(O)C(=O)O. The molecule has 172 valence electrons. The number of anilines is 1. The number of carbonyl (C=O) groups is 2. The molecule has 0 atom stereocenters. The van der Waals surface area contributed by atoms with Crippen molar-refractivity contribution < 1.29 is 34.2 Å². The van der Waals surface area contributed by atoms with Gasteiger partial charge in [-0.1, -0.05) is 23.7 Å². The lowest BCUT2D eigenvalue weighted by Gasteiger charge is -2.09. The lowest BCUT2D eigenvalue weighted by Crippen LogP contribution is -2.09. The first-order valence-electron chi connectivity index (χ1n) is 9.22. The molecule has 0 unspecified atom stereocenters. The maximum absolute atomic E-state index is 11.4. The number of aliphatic carboxylic acids is 2. The number of fused-ring (bicyclic) bond motifs is 1. The number of nitrogens with one attached hydrogen (secondary N) is 1. The van der Waals surface area contributed by atoms with Crippen molar-refractivity contribution in [2.45, 2.75) is 6.54 Å². The standard InChI is InChI=1S/C18H15ClN4O4.C2H2O4/c1-22-15(11-2-4-13(19)5-3-11)9-21-18(22)20-8-12-6-16-17(27-10-26-16)7-14(12)23(24)25;3-1(4)2(5)6/h2-7,9H,8,10H2,1H3,(H,20,21);(H,3,4)(H,5,6). The average molecular weight is 477 g/mol. The van der Waals surface area contributed by atoms with Crippen molar-refractivity contribution in [2.24, 2.45) is 7.05 Å². The van der Waals surface area contributed by atoms with E-state index in [1.807, 2.05) is 35.9 Å². The third-order valence-electron chi connectivity index (χ3n) is 4.52. The number of halogens is 1. The second-order valence-electron chi connectivity index (χ2n) is 6.59. The molecule has 0 amide bonds. The Morgan fingerprint density at radius 3 is 2.36 bits per heavy atom. The number of nitro groups is 1. The first kappa shape index (κ1) is 23.3. The summed E-state index contributed by atoms with van der Waals surface area (Å²) in [7, 11) is 1.87. The molecule has 0 bridgehead atoms. The summed E-state index contributed by atoms with van der Waals surface area (Å²) in [4.78, 5) is 33.5. The van der Waals surface area contributed by atoms with Crippen LogP contribution in [0.15, 0.2) is 42.6 Å². The van der Waals surface area contributed by atoms with Crippen LogP contribution in [0.4, 0.5) is 11.6 Å². The highest BCUT2D eigenvalue weighted by Gasteiger charge is 2.23. The fraction of sp³-hybridized carbons (Fsp3) is 0.150. The Morgan fingerprint density at radius 2 is 1.79 bits per heavy atom. The van der Waals surface area contributed by atoms with E-state index in [2.05, 4.69) is 10.3 Å². The van der Waals surface area contributed by atoms with Gasteiger partial charge in [-0.25, -0.2) is 14.6 Å². The van der Waals surface area contributed by atoms with Gasteiger partial charge in [-0.3, -0.25) is 10.1 Å². The van der Waals surface area contributed by atoms with Crippen LogP contribution in [0.3, 0.4) is 0 Å². The van der Waals surface area contributed by atoms with E-state index in [9.17, 15) is 10.1 Å². The van der Waals surface area contributed by atoms with Gasteiger partial charge in [0.15, 0.2) is 11.5 Å². The van der Waals surface area contributed by atoms with Gasteiger partial charge in [0.05, 0.1) is 28.4 Å². The molecular formula is C20H17ClN4O8. The number of hydrogen-bond acceptors (Lipinski definition) is 8. The lowest BCUT2D eigenvalue weighted by molar-refractivity contribution is -0.385. The van der Waals surface area contributed by atoms with Crippen molar-refractivity contribution in [1.82, 2.24) is 9.55 Å². The molecule has 13 heteroatoms. The minimum absolute atomic E-state index is 0.0288. The average Bonchev–Trinajstić information content (AvgIpc) is 3.38. The molecule has 0 fully saturated rings. The summed E-state index contributed by atoms with van der Waals surface area (Å²) in [6, 6.07) is 10.4. The topological polar surface area (TPSA) is 166 Å². The molecule has 0 spiro atoms. The Morgan fingerprint density at radius 1 is 1.18 bits per heavy atom. The molecule has 0 saturated heterocycles. The van der Waals surface area contributed by atoms with Gasteiger partial charge in [0.25, 0.3) is 5.69 Å². The van der Waals surface area contributed by atoms with Crippen LogP contribution in [0.5, 0.6) is 11.5 Å². The van der Waals surface area contributed by atoms with Crippen molar-refractivity contribution in [3.63, 3.8) is 0 Å². The van der Waals surface area contributed by atoms with E-state index < -0.39 is 16.9 Å². The normalized spacial score (nSPS) is 11.3. The van der Waals surface area contributed by atoms with Gasteiger partial charge in [0.1, 0.15) is 0 Å². The first-order valence-corrected chi connectivity index (χ1v) is 9.59. The van der Waals surface area contributed by atoms with E-state index in [1.165, 1.54) is 6.07 Å². The predicted octanol–water partition coefficient (Wildman–Crippen LogP) is 3.15. The Labute approximate surface area is 191 Å². The van der Waals surface area contributed by atoms with Crippen LogP contribution < -0.4 is 14.8 Å². The molecule has 0 radical (unpaired) electrons. The van der Waals surface area contributed by atoms with Crippen molar-refractivity contribution in [3.8, 4) is 22.8 Å². The van der Waals surface area contributed by atoms with Crippen molar-refractivity contribution in [1.29, 1.82) is 0 Å². The monoisotopic (exact) mass is 476 g/mol. The number of ether oxygens (including phenoxy) is 2. The van der Waals surface area contributed by atoms with Gasteiger partial charge in [-0.05, 0) is 23.8 Å². The maximum Gasteiger partial charge on any atom is 0.414 e. The highest BCUT2D eigenvalue weighted by Crippen LogP contribution is 2.38. The number of nitrogens with zero attached hydrogens (tertiary/aromatic N) is 3. The molecule has 2 heterocycles. The van der Waals surface area contributed by atoms with Crippen molar-refractivity contribution in [2.75, 3.05) is 12.1 Å². The quantitative estimate of drug-likeness (QED) is 0.282. The Kier molecular flexibility index (Phi) is 6.98. The molecule has 2 aromatic carbocycles. The zero-order valence-electron chi connectivity index (χ0n) is 17.0. The summed E-state index contributed by atoms with van der Waals surface area (Å²) >= 11 is 5.93. The zero-order chi connectivity index (χ0) is 24.1. The number of carboxylic acid groups (broad SMARTS) is 2. The number of benzene rings is 2. The predicted molar refractivity (Wildman–Crippen MR) is 115 cm³/mol. The summed E-state index contributed by atoms with van der Waals surface area (Å²) in [6.07, 6.45) is 1.74. The minimum Gasteiger partial charge on any atom is -0.473 e. The number of imidazole rings is 1. The van der Waals surface area contributed by atoms with Crippen LogP contribution in [0.25, 0.3) is 11.3 Å². The largest absolute Gasteiger partial charge is 0.473 e. The molecule has 1 aliphatic heterocycles. The van der Waals surface area contributed by atoms with Gasteiger partial charge in [-0.15, -0.1) is 0 Å². The second kappa shape index (κ2) is 9.87. The van der Waals surface area contributed by atoms with Crippen LogP contribution in [-0.2, 0) is 23.2 Å². The van der Waals surface area contributed by atoms with Gasteiger partial charge in [-0.2, -0.15) is 0 Å². The minimum atomic E-state index is -1.82. The fourth-order valence-electron chi connectivity index (χ4n) is 2.92. The first-order chi connectivity index (χ1) is 15.7. The Bertz CT molecular complexity index is 1200. The molecule has 0 saturated carbocycles. The number of carboxylic acids is 2. The van der Waals surface area contributed by atoms with Gasteiger partial charge >= 0.3 is 11.9 Å². The van der Waals surface area contributed by atoms with E-state index in [-0.39, 0.29) is 19.0 Å². The van der Waals surface area contributed by atoms with Crippen LogP contribution in [0.1, 0.15) is 5.56 Å². The van der Waals surface area contributed by atoms with E-state index in [1.54, 1.807) is 12.3 Å². The summed E-state index contributed by atoms with van der Waals surface area (Å²) in [5.41, 5.74) is 2.32. The molecule has 12 nitrogen and oxygen atoms in total. The summed E-state index contributed by atoms with van der Waals surface area (Å²) in [5.74, 6) is -2.18. The van der Waals surface area contributed by atoms with Gasteiger partial charge in [0, 0.05) is 18.6 Å². The summed E-state index contributed by atoms with van der Waals surface area (Å²) in [6.45, 7) is 0.283. The molecular weight excluding hydrogens is 460 g/mol. The molecule has 3 N–H and O–H groups in total. The third kappa shape index (κ3) is 5.49. The highest BCUT2D eigenvalue weighted by atomic mass is 35.5. The van der Waals surface area contributed by atoms with E-state index in [4.69, 9.17) is 40.9 Å². The number of hydrogen-bond donors (Lipinski definition) is 3. The van der Waals surface area contributed by atoms with Crippen molar-refractivity contribution in [3.05, 3.63) is 63.3 Å². The van der Waals surface area contributed by atoms with Gasteiger partial charge < -0.3 is 29.6 Å². The summed E-state index contributed by atoms with van der Waals surface area (Å²) in [5, 5.41) is 30.0.